The predicted molar refractivity (Wildman–Crippen MR) is 95.6 cm³/mol. The van der Waals surface area contributed by atoms with Crippen LogP contribution >= 0.6 is 11.6 Å². The van der Waals surface area contributed by atoms with Gasteiger partial charge < -0.3 is 10.5 Å². The van der Waals surface area contributed by atoms with Crippen molar-refractivity contribution in [2.24, 2.45) is 5.73 Å². The van der Waals surface area contributed by atoms with E-state index in [1.165, 1.54) is 4.90 Å². The van der Waals surface area contributed by atoms with Crippen LogP contribution in [0.5, 0.6) is 0 Å². The van der Waals surface area contributed by atoms with Crippen LogP contribution in [-0.4, -0.2) is 39.7 Å². The number of nitrogens with two attached hydrogens (primary N) is 1. The van der Waals surface area contributed by atoms with Crippen LogP contribution in [0.1, 0.15) is 17.3 Å². The van der Waals surface area contributed by atoms with E-state index in [2.05, 4.69) is 10.2 Å². The van der Waals surface area contributed by atoms with Crippen LogP contribution in [0.15, 0.2) is 48.5 Å². The van der Waals surface area contributed by atoms with Gasteiger partial charge in [-0.2, -0.15) is 5.10 Å². The van der Waals surface area contributed by atoms with Crippen molar-refractivity contribution < 1.29 is 14.3 Å². The Hall–Kier alpha value is -3.06. The molecule has 0 aliphatic carbocycles. The first kappa shape index (κ1) is 16.4. The number of carbonyl (C=O) groups is 2. The van der Waals surface area contributed by atoms with Crippen LogP contribution < -0.4 is 5.73 Å². The molecule has 0 bridgehead atoms. The lowest BCUT2D eigenvalue weighted by Crippen LogP contribution is -2.35. The summed E-state index contributed by atoms with van der Waals surface area (Å²) >= 11 is 6.00. The highest BCUT2D eigenvalue weighted by Gasteiger charge is 2.41. The zero-order chi connectivity index (χ0) is 18.3. The molecule has 2 aromatic carbocycles. The van der Waals surface area contributed by atoms with Gasteiger partial charge in [0.1, 0.15) is 6.04 Å². The Morgan fingerprint density at radius 3 is 2.69 bits per heavy atom. The molecule has 8 heteroatoms. The SMILES string of the molecule is NC(=O)C1CN([C@H](c2ccc(Cl)cc2)c2[nH]nc3ccccc23)C(=O)O1. The molecule has 3 aromatic rings. The first-order valence-electron chi connectivity index (χ1n) is 7.99. The Kier molecular flexibility index (Phi) is 4.00. The van der Waals surface area contributed by atoms with Crippen molar-refractivity contribution in [3.63, 3.8) is 0 Å². The third kappa shape index (κ3) is 2.76. The Balaban J connectivity index is 1.84. The molecule has 1 aliphatic rings. The molecule has 1 fully saturated rings. The molecular formula is C18H15ClN4O3. The number of aromatic amines is 1. The molecular weight excluding hydrogens is 356 g/mol. The van der Waals surface area contributed by atoms with Gasteiger partial charge in [-0.25, -0.2) is 4.79 Å². The minimum atomic E-state index is -0.980. The average molecular weight is 371 g/mol. The number of primary amides is 1. The summed E-state index contributed by atoms with van der Waals surface area (Å²) < 4.78 is 5.12. The number of cyclic esters (lactones) is 1. The third-order valence-corrected chi connectivity index (χ3v) is 4.67. The molecule has 0 spiro atoms. The summed E-state index contributed by atoms with van der Waals surface area (Å²) in [7, 11) is 0. The van der Waals surface area contributed by atoms with Crippen molar-refractivity contribution in [2.45, 2.75) is 12.1 Å². The van der Waals surface area contributed by atoms with E-state index < -0.39 is 24.1 Å². The molecule has 132 valence electrons. The monoisotopic (exact) mass is 370 g/mol. The van der Waals surface area contributed by atoms with Gasteiger partial charge in [0.05, 0.1) is 17.8 Å². The number of hydrogen-bond donors (Lipinski definition) is 2. The van der Waals surface area contributed by atoms with Crippen LogP contribution in [0, 0.1) is 0 Å². The van der Waals surface area contributed by atoms with Crippen molar-refractivity contribution >= 4 is 34.5 Å². The van der Waals surface area contributed by atoms with Gasteiger partial charge in [0, 0.05) is 10.4 Å². The van der Waals surface area contributed by atoms with Crippen LogP contribution in [0.2, 0.25) is 5.02 Å². The number of nitrogens with zero attached hydrogens (tertiary/aromatic N) is 2. The second kappa shape index (κ2) is 6.34. The number of carbonyl (C=O) groups excluding carboxylic acids is 2. The first-order chi connectivity index (χ1) is 12.5. The maximum Gasteiger partial charge on any atom is 0.411 e. The van der Waals surface area contributed by atoms with Gasteiger partial charge in [-0.1, -0.05) is 41.9 Å². The number of halogens is 1. The normalized spacial score (nSPS) is 18.1. The lowest BCUT2D eigenvalue weighted by molar-refractivity contribution is -0.124. The zero-order valence-corrected chi connectivity index (χ0v) is 14.3. The minimum Gasteiger partial charge on any atom is -0.434 e. The number of amides is 2. The number of ether oxygens (including phenoxy) is 1. The van der Waals surface area contributed by atoms with Crippen molar-refractivity contribution in [3.8, 4) is 0 Å². The molecule has 2 amide bonds. The number of benzene rings is 2. The van der Waals surface area contributed by atoms with Gasteiger partial charge in [0.15, 0.2) is 6.10 Å². The van der Waals surface area contributed by atoms with E-state index in [9.17, 15) is 9.59 Å². The number of H-pyrrole nitrogens is 1. The fourth-order valence-electron chi connectivity index (χ4n) is 3.17. The number of hydrogen-bond acceptors (Lipinski definition) is 4. The van der Waals surface area contributed by atoms with E-state index in [1.54, 1.807) is 12.1 Å². The Morgan fingerprint density at radius 1 is 1.27 bits per heavy atom. The molecule has 2 atom stereocenters. The Labute approximate surface area is 153 Å². The molecule has 1 saturated heterocycles. The molecule has 4 rings (SSSR count). The van der Waals surface area contributed by atoms with Gasteiger partial charge in [0.25, 0.3) is 5.91 Å². The Morgan fingerprint density at radius 2 is 2.00 bits per heavy atom. The van der Waals surface area contributed by atoms with Gasteiger partial charge >= 0.3 is 6.09 Å². The predicted octanol–water partition coefficient (Wildman–Crippen LogP) is 2.61. The van der Waals surface area contributed by atoms with Crippen molar-refractivity contribution in [1.82, 2.24) is 15.1 Å². The van der Waals surface area contributed by atoms with Gasteiger partial charge in [0.2, 0.25) is 0 Å². The summed E-state index contributed by atoms with van der Waals surface area (Å²) in [6, 6.07) is 14.2. The smallest absolute Gasteiger partial charge is 0.411 e. The zero-order valence-electron chi connectivity index (χ0n) is 13.6. The lowest BCUT2D eigenvalue weighted by atomic mass is 9.99. The van der Waals surface area contributed by atoms with E-state index >= 15 is 0 Å². The summed E-state index contributed by atoms with van der Waals surface area (Å²) in [6.07, 6.45) is -1.58. The molecule has 1 aliphatic heterocycles. The van der Waals surface area contributed by atoms with Crippen molar-refractivity contribution in [1.29, 1.82) is 0 Å². The second-order valence-corrected chi connectivity index (χ2v) is 6.47. The number of fused-ring (bicyclic) bond motifs is 1. The summed E-state index contributed by atoms with van der Waals surface area (Å²) in [6.45, 7) is 0.0643. The summed E-state index contributed by atoms with van der Waals surface area (Å²) in [5, 5.41) is 8.79. The topological polar surface area (TPSA) is 101 Å². The van der Waals surface area contributed by atoms with Gasteiger partial charge in [-0.15, -0.1) is 0 Å². The summed E-state index contributed by atoms with van der Waals surface area (Å²) in [4.78, 5) is 25.4. The summed E-state index contributed by atoms with van der Waals surface area (Å²) in [5.41, 5.74) is 7.63. The average Bonchev–Trinajstić information content (AvgIpc) is 3.22. The van der Waals surface area contributed by atoms with Crippen LogP contribution in [0.4, 0.5) is 4.79 Å². The Bertz CT molecular complexity index is 986. The molecule has 3 N–H and O–H groups in total. The quantitative estimate of drug-likeness (QED) is 0.737. The molecule has 2 heterocycles. The van der Waals surface area contributed by atoms with Crippen LogP contribution in [0.3, 0.4) is 0 Å². The maximum absolute atomic E-state index is 12.4. The number of para-hydroxylation sites is 1. The highest BCUT2D eigenvalue weighted by molar-refractivity contribution is 6.30. The largest absolute Gasteiger partial charge is 0.434 e. The maximum atomic E-state index is 12.4. The van der Waals surface area contributed by atoms with E-state index in [0.717, 1.165) is 22.2 Å². The standard InChI is InChI=1S/C18H15ClN4O3/c19-11-7-5-10(6-8-11)16(23-9-14(17(20)24)26-18(23)25)15-12-3-1-2-4-13(12)21-22-15/h1-8,14,16H,9H2,(H2,20,24)(H,21,22)/t14?,16-/m1/s1. The second-order valence-electron chi connectivity index (χ2n) is 6.04. The van der Waals surface area contributed by atoms with E-state index in [-0.39, 0.29) is 6.54 Å². The number of aromatic nitrogens is 2. The molecule has 7 nitrogen and oxygen atoms in total. The molecule has 0 saturated carbocycles. The highest BCUT2D eigenvalue weighted by Crippen LogP contribution is 2.35. The van der Waals surface area contributed by atoms with Crippen LogP contribution in [-0.2, 0) is 9.53 Å². The molecule has 0 radical (unpaired) electrons. The van der Waals surface area contributed by atoms with Crippen molar-refractivity contribution in [3.05, 3.63) is 64.8 Å². The molecule has 1 aromatic heterocycles. The summed E-state index contributed by atoms with van der Waals surface area (Å²) in [5.74, 6) is -0.676. The van der Waals surface area contributed by atoms with Gasteiger partial charge in [-0.05, 0) is 23.8 Å². The van der Waals surface area contributed by atoms with Crippen molar-refractivity contribution in [2.75, 3.05) is 6.54 Å². The van der Waals surface area contributed by atoms with Gasteiger partial charge in [-0.3, -0.25) is 14.8 Å². The highest BCUT2D eigenvalue weighted by atomic mass is 35.5. The van der Waals surface area contributed by atoms with E-state index in [0.29, 0.717) is 5.02 Å². The fourth-order valence-corrected chi connectivity index (χ4v) is 3.30. The number of rotatable bonds is 4. The number of nitrogens with one attached hydrogen (secondary N) is 1. The third-order valence-electron chi connectivity index (χ3n) is 4.42. The molecule has 26 heavy (non-hydrogen) atoms. The van der Waals surface area contributed by atoms with E-state index in [4.69, 9.17) is 22.1 Å². The fraction of sp³-hybridized carbons (Fsp3) is 0.167. The lowest BCUT2D eigenvalue weighted by Gasteiger charge is -2.25. The minimum absolute atomic E-state index is 0.0643. The van der Waals surface area contributed by atoms with Crippen LogP contribution in [0.25, 0.3) is 10.9 Å². The first-order valence-corrected chi connectivity index (χ1v) is 8.37. The van der Waals surface area contributed by atoms with E-state index in [1.807, 2.05) is 36.4 Å². The molecule has 1 unspecified atom stereocenters.